The molecule has 0 aliphatic heterocycles. The molecule has 1 N–H and O–H groups in total. The maximum absolute atomic E-state index is 8.73. The fourth-order valence-electron chi connectivity index (χ4n) is 1.04. The van der Waals surface area contributed by atoms with Crippen LogP contribution in [-0.2, 0) is 0 Å². The van der Waals surface area contributed by atoms with Crippen LogP contribution in [0.15, 0.2) is 0 Å². The molecule has 0 spiro atoms. The van der Waals surface area contributed by atoms with E-state index in [4.69, 9.17) is 5.26 Å². The predicted octanol–water partition coefficient (Wildman–Crippen LogP) is 2.41. The molecular formula is C10H20N2S. The summed E-state index contributed by atoms with van der Waals surface area (Å²) in [6.45, 7) is 5.13. The molecule has 2 nitrogen and oxygen atoms in total. The molecule has 0 saturated heterocycles. The molecule has 3 heteroatoms. The summed E-state index contributed by atoms with van der Waals surface area (Å²) in [6.07, 6.45) is 3.87. The lowest BCUT2D eigenvalue weighted by Gasteiger charge is -2.08. The van der Waals surface area contributed by atoms with Crippen LogP contribution in [-0.4, -0.2) is 24.1 Å². The summed E-state index contributed by atoms with van der Waals surface area (Å²) in [4.78, 5) is 0. The molecule has 0 aromatic carbocycles. The van der Waals surface area contributed by atoms with E-state index in [0.29, 0.717) is 0 Å². The Bertz CT molecular complexity index is 142. The van der Waals surface area contributed by atoms with Crippen molar-refractivity contribution in [3.63, 3.8) is 0 Å². The Kier molecular flexibility index (Phi) is 9.73. The number of nitrogens with zero attached hydrogens (tertiary/aromatic N) is 1. The number of hydrogen-bond acceptors (Lipinski definition) is 3. The molecule has 76 valence electrons. The van der Waals surface area contributed by atoms with Crippen LogP contribution in [0.25, 0.3) is 0 Å². The Hall–Kier alpha value is -0.200. The third-order valence-electron chi connectivity index (χ3n) is 1.78. The van der Waals surface area contributed by atoms with Crippen LogP contribution in [0.5, 0.6) is 0 Å². The molecule has 0 saturated carbocycles. The highest BCUT2D eigenvalue weighted by atomic mass is 32.2. The second-order valence-corrected chi connectivity index (χ2v) is 4.17. The molecular weight excluding hydrogens is 180 g/mol. The van der Waals surface area contributed by atoms with Crippen molar-refractivity contribution in [3.05, 3.63) is 0 Å². The van der Waals surface area contributed by atoms with Crippen LogP contribution in [0.3, 0.4) is 0 Å². The van der Waals surface area contributed by atoms with E-state index in [1.807, 2.05) is 18.7 Å². The van der Waals surface area contributed by atoms with E-state index in [1.165, 1.54) is 25.0 Å². The smallest absolute Gasteiger partial charge is 0.104 e. The number of nitriles is 1. The van der Waals surface area contributed by atoms with Gasteiger partial charge in [0.05, 0.1) is 6.07 Å². The zero-order valence-electron chi connectivity index (χ0n) is 8.68. The molecule has 0 fully saturated rings. The molecule has 0 aromatic rings. The standard InChI is InChI=1S/C10H20N2S/c1-3-5-6-7-13-9-10(8-11)12-4-2/h10,12H,3-7,9H2,1-2H3. The number of nitrogens with one attached hydrogen (secondary N) is 1. The maximum atomic E-state index is 8.73. The van der Waals surface area contributed by atoms with Crippen LogP contribution in [0, 0.1) is 11.3 Å². The van der Waals surface area contributed by atoms with E-state index in [0.717, 1.165) is 12.3 Å². The fourth-order valence-corrected chi connectivity index (χ4v) is 2.05. The lowest BCUT2D eigenvalue weighted by atomic mass is 10.3. The second kappa shape index (κ2) is 9.88. The lowest BCUT2D eigenvalue weighted by Crippen LogP contribution is -2.29. The van der Waals surface area contributed by atoms with E-state index in [9.17, 15) is 0 Å². The molecule has 1 unspecified atom stereocenters. The maximum Gasteiger partial charge on any atom is 0.104 e. The summed E-state index contributed by atoms with van der Waals surface area (Å²) in [5.41, 5.74) is 0. The van der Waals surface area contributed by atoms with Crippen molar-refractivity contribution < 1.29 is 0 Å². The van der Waals surface area contributed by atoms with Crippen LogP contribution < -0.4 is 5.32 Å². The largest absolute Gasteiger partial charge is 0.302 e. The van der Waals surface area contributed by atoms with Gasteiger partial charge in [-0.25, -0.2) is 0 Å². The number of rotatable bonds is 8. The molecule has 0 heterocycles. The molecule has 0 aromatic heterocycles. The summed E-state index contributed by atoms with van der Waals surface area (Å²) < 4.78 is 0. The summed E-state index contributed by atoms with van der Waals surface area (Å²) in [7, 11) is 0. The summed E-state index contributed by atoms with van der Waals surface area (Å²) in [5.74, 6) is 2.12. The highest BCUT2D eigenvalue weighted by Crippen LogP contribution is 2.07. The molecule has 1 atom stereocenters. The van der Waals surface area contributed by atoms with Gasteiger partial charge in [-0.1, -0.05) is 26.7 Å². The van der Waals surface area contributed by atoms with E-state index < -0.39 is 0 Å². The van der Waals surface area contributed by atoms with E-state index >= 15 is 0 Å². The van der Waals surface area contributed by atoms with Crippen LogP contribution in [0.1, 0.15) is 33.1 Å². The highest BCUT2D eigenvalue weighted by Gasteiger charge is 2.03. The third kappa shape index (κ3) is 8.14. The minimum atomic E-state index is 0.0385. The van der Waals surface area contributed by atoms with Crippen molar-refractivity contribution in [2.24, 2.45) is 0 Å². The van der Waals surface area contributed by atoms with Gasteiger partial charge in [-0.3, -0.25) is 0 Å². The first-order valence-corrected chi connectivity index (χ1v) is 6.21. The first-order valence-electron chi connectivity index (χ1n) is 5.05. The van der Waals surface area contributed by atoms with Crippen molar-refractivity contribution >= 4 is 11.8 Å². The second-order valence-electron chi connectivity index (χ2n) is 3.02. The Morgan fingerprint density at radius 1 is 1.38 bits per heavy atom. The average molecular weight is 200 g/mol. The lowest BCUT2D eigenvalue weighted by molar-refractivity contribution is 0.677. The molecule has 0 rings (SSSR count). The van der Waals surface area contributed by atoms with Gasteiger partial charge in [-0.15, -0.1) is 0 Å². The quantitative estimate of drug-likeness (QED) is 0.611. The number of thioether (sulfide) groups is 1. The monoisotopic (exact) mass is 200 g/mol. The third-order valence-corrected chi connectivity index (χ3v) is 2.93. The van der Waals surface area contributed by atoms with Gasteiger partial charge in [-0.2, -0.15) is 17.0 Å². The SMILES string of the molecule is CCCCCSCC(C#N)NCC. The zero-order valence-corrected chi connectivity index (χ0v) is 9.49. The average Bonchev–Trinajstić information content (AvgIpc) is 2.16. The van der Waals surface area contributed by atoms with Gasteiger partial charge in [0.15, 0.2) is 0 Å². The molecule has 0 aliphatic rings. The molecule has 0 amide bonds. The Balaban J connectivity index is 3.24. The first kappa shape index (κ1) is 12.8. The summed E-state index contributed by atoms with van der Waals surface area (Å²) >= 11 is 1.88. The van der Waals surface area contributed by atoms with Crippen molar-refractivity contribution in [2.45, 2.75) is 39.2 Å². The van der Waals surface area contributed by atoms with Gasteiger partial charge in [0.2, 0.25) is 0 Å². The highest BCUT2D eigenvalue weighted by molar-refractivity contribution is 7.99. The Labute approximate surface area is 86.1 Å². The topological polar surface area (TPSA) is 35.8 Å². The Morgan fingerprint density at radius 3 is 2.69 bits per heavy atom. The van der Waals surface area contributed by atoms with E-state index in [-0.39, 0.29) is 6.04 Å². The van der Waals surface area contributed by atoms with Crippen molar-refractivity contribution in [2.75, 3.05) is 18.1 Å². The first-order chi connectivity index (χ1) is 6.35. The van der Waals surface area contributed by atoms with Crippen molar-refractivity contribution in [1.82, 2.24) is 5.32 Å². The van der Waals surface area contributed by atoms with Crippen molar-refractivity contribution in [1.29, 1.82) is 5.26 Å². The van der Waals surface area contributed by atoms with Crippen LogP contribution >= 0.6 is 11.8 Å². The van der Waals surface area contributed by atoms with Gasteiger partial charge in [0.1, 0.15) is 6.04 Å². The molecule has 0 bridgehead atoms. The van der Waals surface area contributed by atoms with Crippen LogP contribution in [0.2, 0.25) is 0 Å². The van der Waals surface area contributed by atoms with Crippen LogP contribution in [0.4, 0.5) is 0 Å². The molecule has 13 heavy (non-hydrogen) atoms. The molecule has 0 radical (unpaired) electrons. The van der Waals surface area contributed by atoms with E-state index in [2.05, 4.69) is 18.3 Å². The summed E-state index contributed by atoms with van der Waals surface area (Å²) in [5, 5.41) is 11.9. The Morgan fingerprint density at radius 2 is 2.15 bits per heavy atom. The summed E-state index contributed by atoms with van der Waals surface area (Å²) in [6, 6.07) is 2.30. The predicted molar refractivity (Wildman–Crippen MR) is 59.9 cm³/mol. The van der Waals surface area contributed by atoms with Gasteiger partial charge in [-0.05, 0) is 18.7 Å². The number of hydrogen-bond donors (Lipinski definition) is 1. The van der Waals surface area contributed by atoms with Gasteiger partial charge < -0.3 is 5.32 Å². The van der Waals surface area contributed by atoms with Gasteiger partial charge in [0, 0.05) is 5.75 Å². The minimum absolute atomic E-state index is 0.0385. The van der Waals surface area contributed by atoms with Gasteiger partial charge >= 0.3 is 0 Å². The minimum Gasteiger partial charge on any atom is -0.302 e. The zero-order chi connectivity index (χ0) is 9.94. The van der Waals surface area contributed by atoms with Gasteiger partial charge in [0.25, 0.3) is 0 Å². The number of unbranched alkanes of at least 4 members (excludes halogenated alkanes) is 2. The molecule has 0 aliphatic carbocycles. The van der Waals surface area contributed by atoms with Crippen molar-refractivity contribution in [3.8, 4) is 6.07 Å². The normalized spacial score (nSPS) is 12.4. The fraction of sp³-hybridized carbons (Fsp3) is 0.900. The van der Waals surface area contributed by atoms with E-state index in [1.54, 1.807) is 0 Å².